The highest BCUT2D eigenvalue weighted by Crippen LogP contribution is 2.34. The maximum absolute atomic E-state index is 11.7. The van der Waals surface area contributed by atoms with Crippen LogP contribution in [-0.4, -0.2) is 59.3 Å². The Morgan fingerprint density at radius 2 is 2.00 bits per heavy atom. The molecular weight excluding hydrogens is 336 g/mol. The zero-order chi connectivity index (χ0) is 18.6. The summed E-state index contributed by atoms with van der Waals surface area (Å²) in [5, 5.41) is 6.69. The van der Waals surface area contributed by atoms with E-state index in [1.165, 1.54) is 19.1 Å². The second-order valence-electron chi connectivity index (χ2n) is 7.05. The Hall–Kier alpha value is -1.60. The Balaban J connectivity index is 1.91. The third-order valence-electron chi connectivity index (χ3n) is 4.63. The number of nitrogens with zero attached hydrogens (tertiary/aromatic N) is 2. The Bertz CT molecular complexity index is 723. The minimum Gasteiger partial charge on any atom is -0.355 e. The number of aliphatic imine (C=N–C) groups is 1. The first kappa shape index (κ1) is 19.7. The standard InChI is InChI=1S/C18H30N4O2S/c1-13-10-14(6-9-17(13)25(5,23)24)11-20-18(19-2)21-12-16(22(3)4)15-7-8-15/h6,9-10,15-16H,7-8,11-12H2,1-5H3,(H2,19,20,21). The van der Waals surface area contributed by atoms with Crippen molar-refractivity contribution in [1.29, 1.82) is 0 Å². The predicted molar refractivity (Wildman–Crippen MR) is 103 cm³/mol. The van der Waals surface area contributed by atoms with E-state index >= 15 is 0 Å². The van der Waals surface area contributed by atoms with Crippen LogP contribution in [0, 0.1) is 12.8 Å². The van der Waals surface area contributed by atoms with Crippen LogP contribution in [0.1, 0.15) is 24.0 Å². The lowest BCUT2D eigenvalue weighted by Gasteiger charge is -2.25. The van der Waals surface area contributed by atoms with Gasteiger partial charge in [0.15, 0.2) is 15.8 Å². The van der Waals surface area contributed by atoms with Gasteiger partial charge < -0.3 is 15.5 Å². The van der Waals surface area contributed by atoms with Crippen LogP contribution in [0.25, 0.3) is 0 Å². The first-order chi connectivity index (χ1) is 11.7. The summed E-state index contributed by atoms with van der Waals surface area (Å²) in [6, 6.07) is 5.95. The van der Waals surface area contributed by atoms with E-state index < -0.39 is 9.84 Å². The van der Waals surface area contributed by atoms with Crippen LogP contribution in [0.5, 0.6) is 0 Å². The Kier molecular flexibility index (Phi) is 6.46. The highest BCUT2D eigenvalue weighted by atomic mass is 32.2. The molecule has 1 unspecified atom stereocenters. The molecule has 7 heteroatoms. The summed E-state index contributed by atoms with van der Waals surface area (Å²) in [6.07, 6.45) is 3.85. The lowest BCUT2D eigenvalue weighted by molar-refractivity contribution is 0.264. The largest absolute Gasteiger partial charge is 0.355 e. The van der Waals surface area contributed by atoms with E-state index in [4.69, 9.17) is 0 Å². The number of nitrogens with one attached hydrogen (secondary N) is 2. The molecule has 1 atom stereocenters. The molecule has 0 amide bonds. The van der Waals surface area contributed by atoms with Crippen molar-refractivity contribution < 1.29 is 8.42 Å². The molecule has 0 spiro atoms. The second kappa shape index (κ2) is 8.19. The van der Waals surface area contributed by atoms with Crippen molar-refractivity contribution in [2.24, 2.45) is 10.9 Å². The molecule has 0 aliphatic heterocycles. The van der Waals surface area contributed by atoms with Crippen molar-refractivity contribution in [1.82, 2.24) is 15.5 Å². The number of rotatable bonds is 7. The first-order valence-corrected chi connectivity index (χ1v) is 10.5. The van der Waals surface area contributed by atoms with Crippen LogP contribution in [0.15, 0.2) is 28.1 Å². The Labute approximate surface area is 151 Å². The molecule has 0 heterocycles. The van der Waals surface area contributed by atoms with Crippen molar-refractivity contribution in [3.63, 3.8) is 0 Å². The number of aryl methyl sites for hydroxylation is 1. The van der Waals surface area contributed by atoms with Crippen molar-refractivity contribution in [2.75, 3.05) is 33.9 Å². The molecule has 1 saturated carbocycles. The zero-order valence-corrected chi connectivity index (χ0v) is 16.7. The minimum atomic E-state index is -3.18. The van der Waals surface area contributed by atoms with Gasteiger partial charge in [0.1, 0.15) is 0 Å². The van der Waals surface area contributed by atoms with Gasteiger partial charge in [-0.15, -0.1) is 0 Å². The summed E-state index contributed by atoms with van der Waals surface area (Å²) in [4.78, 5) is 6.93. The molecule has 1 fully saturated rings. The van der Waals surface area contributed by atoms with Crippen molar-refractivity contribution in [3.05, 3.63) is 29.3 Å². The molecule has 0 bridgehead atoms. The maximum Gasteiger partial charge on any atom is 0.191 e. The molecule has 0 aromatic heterocycles. The fourth-order valence-electron chi connectivity index (χ4n) is 3.10. The van der Waals surface area contributed by atoms with Crippen LogP contribution >= 0.6 is 0 Å². The van der Waals surface area contributed by atoms with E-state index in [2.05, 4.69) is 34.6 Å². The normalized spacial score (nSPS) is 16.8. The minimum absolute atomic E-state index is 0.386. The van der Waals surface area contributed by atoms with Gasteiger partial charge in [0.25, 0.3) is 0 Å². The number of hydrogen-bond donors (Lipinski definition) is 2. The summed E-state index contributed by atoms with van der Waals surface area (Å²) >= 11 is 0. The number of sulfone groups is 1. The highest BCUT2D eigenvalue weighted by molar-refractivity contribution is 7.90. The van der Waals surface area contributed by atoms with Crippen molar-refractivity contribution >= 4 is 15.8 Å². The first-order valence-electron chi connectivity index (χ1n) is 8.63. The van der Waals surface area contributed by atoms with Gasteiger partial charge in [0.05, 0.1) is 4.90 Å². The average Bonchev–Trinajstić information content (AvgIpc) is 3.33. The highest BCUT2D eigenvalue weighted by Gasteiger charge is 2.32. The average molecular weight is 367 g/mol. The molecule has 1 aromatic rings. The van der Waals surface area contributed by atoms with Gasteiger partial charge in [-0.2, -0.15) is 0 Å². The topological polar surface area (TPSA) is 73.8 Å². The number of benzene rings is 1. The molecule has 1 aliphatic rings. The maximum atomic E-state index is 11.7. The fraction of sp³-hybridized carbons (Fsp3) is 0.611. The van der Waals surface area contributed by atoms with Gasteiger partial charge in [-0.3, -0.25) is 4.99 Å². The van der Waals surface area contributed by atoms with Crippen molar-refractivity contribution in [2.45, 2.75) is 37.2 Å². The summed E-state index contributed by atoms with van der Waals surface area (Å²) in [5.74, 6) is 1.55. The van der Waals surface area contributed by atoms with Crippen LogP contribution in [-0.2, 0) is 16.4 Å². The van der Waals surface area contributed by atoms with Crippen molar-refractivity contribution in [3.8, 4) is 0 Å². The van der Waals surface area contributed by atoms with E-state index in [-0.39, 0.29) is 0 Å². The summed E-state index contributed by atoms with van der Waals surface area (Å²) < 4.78 is 23.4. The molecular formula is C18H30N4O2S. The summed E-state index contributed by atoms with van der Waals surface area (Å²) in [6.45, 7) is 3.29. The fourth-order valence-corrected chi connectivity index (χ4v) is 4.06. The molecule has 140 valence electrons. The second-order valence-corrected chi connectivity index (χ2v) is 9.03. The lowest BCUT2D eigenvalue weighted by atomic mass is 10.1. The van der Waals surface area contributed by atoms with E-state index in [1.54, 1.807) is 13.1 Å². The molecule has 25 heavy (non-hydrogen) atoms. The number of likely N-dealkylation sites (N-methyl/N-ethyl adjacent to an activating group) is 1. The van der Waals surface area contributed by atoms with Gasteiger partial charge >= 0.3 is 0 Å². The van der Waals surface area contributed by atoms with Crippen LogP contribution in [0.2, 0.25) is 0 Å². The van der Waals surface area contributed by atoms with Crippen LogP contribution < -0.4 is 10.6 Å². The van der Waals surface area contributed by atoms with Gasteiger partial charge in [-0.1, -0.05) is 12.1 Å². The molecule has 6 nitrogen and oxygen atoms in total. The lowest BCUT2D eigenvalue weighted by Crippen LogP contribution is -2.45. The third kappa shape index (κ3) is 5.71. The molecule has 2 N–H and O–H groups in total. The number of guanidine groups is 1. The summed E-state index contributed by atoms with van der Waals surface area (Å²) in [7, 11) is 2.82. The molecule has 0 saturated heterocycles. The smallest absolute Gasteiger partial charge is 0.191 e. The van der Waals surface area contributed by atoms with Gasteiger partial charge in [0.2, 0.25) is 0 Å². The van der Waals surface area contributed by atoms with Crippen LogP contribution in [0.4, 0.5) is 0 Å². The van der Waals surface area contributed by atoms with E-state index in [0.29, 0.717) is 17.5 Å². The molecule has 0 radical (unpaired) electrons. The van der Waals surface area contributed by atoms with Crippen LogP contribution in [0.3, 0.4) is 0 Å². The zero-order valence-electron chi connectivity index (χ0n) is 15.8. The molecule has 1 aromatic carbocycles. The Morgan fingerprint density at radius 3 is 2.48 bits per heavy atom. The molecule has 1 aliphatic carbocycles. The van der Waals surface area contributed by atoms with Gasteiger partial charge in [-0.05, 0) is 57.0 Å². The SMILES string of the molecule is CN=C(NCc1ccc(S(C)(=O)=O)c(C)c1)NCC(C1CC1)N(C)C. The Morgan fingerprint density at radius 1 is 1.32 bits per heavy atom. The molecule has 2 rings (SSSR count). The quantitative estimate of drug-likeness (QED) is 0.564. The monoisotopic (exact) mass is 366 g/mol. The van der Waals surface area contributed by atoms with E-state index in [9.17, 15) is 8.42 Å². The predicted octanol–water partition coefficient (Wildman–Crippen LogP) is 1.40. The van der Waals surface area contributed by atoms with E-state index in [1.807, 2.05) is 19.1 Å². The van der Waals surface area contributed by atoms with Gasteiger partial charge in [0, 0.05) is 32.4 Å². The van der Waals surface area contributed by atoms with Gasteiger partial charge in [-0.25, -0.2) is 8.42 Å². The third-order valence-corrected chi connectivity index (χ3v) is 5.89. The number of hydrogen-bond acceptors (Lipinski definition) is 4. The van der Waals surface area contributed by atoms with E-state index in [0.717, 1.165) is 29.5 Å². The summed E-state index contributed by atoms with van der Waals surface area (Å²) in [5.41, 5.74) is 1.80.